The van der Waals surface area contributed by atoms with E-state index in [1.54, 1.807) is 26.0 Å². The highest BCUT2D eigenvalue weighted by Gasteiger charge is 2.24. The van der Waals surface area contributed by atoms with Gasteiger partial charge in [0.05, 0.1) is 10.6 Å². The summed E-state index contributed by atoms with van der Waals surface area (Å²) in [4.78, 5) is 23.2. The standard InChI is InChI=1S/C14H18ClNO3/c1-7(2)12(14(18)19)16-13(17)10-5-8(3)9(4)6-11(10)15/h5-7,12H,1-4H3,(H,16,17)(H,18,19)/t12-/m1/s1. The van der Waals surface area contributed by atoms with Crippen LogP contribution in [0.25, 0.3) is 0 Å². The van der Waals surface area contributed by atoms with Gasteiger partial charge in [0.25, 0.3) is 5.91 Å². The molecule has 0 radical (unpaired) electrons. The summed E-state index contributed by atoms with van der Waals surface area (Å²) >= 11 is 6.03. The van der Waals surface area contributed by atoms with E-state index in [0.29, 0.717) is 10.6 Å². The molecular formula is C14H18ClNO3. The minimum Gasteiger partial charge on any atom is -0.480 e. The number of amides is 1. The van der Waals surface area contributed by atoms with E-state index in [9.17, 15) is 9.59 Å². The largest absolute Gasteiger partial charge is 0.480 e. The van der Waals surface area contributed by atoms with Gasteiger partial charge in [-0.15, -0.1) is 0 Å². The summed E-state index contributed by atoms with van der Waals surface area (Å²) in [6.45, 7) is 7.25. The van der Waals surface area contributed by atoms with E-state index in [4.69, 9.17) is 16.7 Å². The summed E-state index contributed by atoms with van der Waals surface area (Å²) in [6, 6.07) is 2.45. The molecule has 0 bridgehead atoms. The maximum Gasteiger partial charge on any atom is 0.326 e. The summed E-state index contributed by atoms with van der Waals surface area (Å²) in [5.41, 5.74) is 2.22. The number of hydrogen-bond donors (Lipinski definition) is 2. The second-order valence-corrected chi connectivity index (χ2v) is 5.36. The van der Waals surface area contributed by atoms with Crippen LogP contribution in [0.2, 0.25) is 5.02 Å². The maximum absolute atomic E-state index is 12.1. The van der Waals surface area contributed by atoms with E-state index < -0.39 is 17.9 Å². The Hall–Kier alpha value is -1.55. The molecule has 0 aromatic heterocycles. The number of benzene rings is 1. The average molecular weight is 284 g/mol. The number of aliphatic carboxylic acids is 1. The van der Waals surface area contributed by atoms with Crippen LogP contribution in [-0.4, -0.2) is 23.0 Å². The molecule has 0 fully saturated rings. The van der Waals surface area contributed by atoms with Crippen LogP contribution < -0.4 is 5.32 Å². The zero-order valence-corrected chi connectivity index (χ0v) is 12.2. The van der Waals surface area contributed by atoms with Crippen molar-refractivity contribution in [3.8, 4) is 0 Å². The molecule has 1 rings (SSSR count). The third kappa shape index (κ3) is 3.70. The van der Waals surface area contributed by atoms with Crippen LogP contribution in [-0.2, 0) is 4.79 Å². The van der Waals surface area contributed by atoms with Gasteiger partial charge >= 0.3 is 5.97 Å². The van der Waals surface area contributed by atoms with E-state index in [-0.39, 0.29) is 5.92 Å². The number of halogens is 1. The molecule has 5 heteroatoms. The number of carbonyl (C=O) groups excluding carboxylic acids is 1. The van der Waals surface area contributed by atoms with Crippen LogP contribution in [0.4, 0.5) is 0 Å². The zero-order chi connectivity index (χ0) is 14.7. The van der Waals surface area contributed by atoms with Gasteiger partial charge in [-0.2, -0.15) is 0 Å². The Bertz CT molecular complexity index is 512. The second kappa shape index (κ2) is 6.06. The SMILES string of the molecule is Cc1cc(Cl)c(C(=O)N[C@@H](C(=O)O)C(C)C)cc1C. The van der Waals surface area contributed by atoms with Crippen molar-refractivity contribution in [2.24, 2.45) is 5.92 Å². The minimum absolute atomic E-state index is 0.202. The predicted octanol–water partition coefficient (Wildman–Crippen LogP) is 2.80. The third-order valence-electron chi connectivity index (χ3n) is 3.05. The lowest BCUT2D eigenvalue weighted by Gasteiger charge is -2.18. The van der Waals surface area contributed by atoms with Crippen molar-refractivity contribution in [2.45, 2.75) is 33.7 Å². The lowest BCUT2D eigenvalue weighted by atomic mass is 10.0. The average Bonchev–Trinajstić information content (AvgIpc) is 2.29. The van der Waals surface area contributed by atoms with Gasteiger partial charge in [0.2, 0.25) is 0 Å². The number of carbonyl (C=O) groups is 2. The smallest absolute Gasteiger partial charge is 0.326 e. The van der Waals surface area contributed by atoms with E-state index in [1.165, 1.54) is 0 Å². The van der Waals surface area contributed by atoms with E-state index in [1.807, 2.05) is 13.8 Å². The van der Waals surface area contributed by atoms with Gasteiger partial charge in [0, 0.05) is 0 Å². The quantitative estimate of drug-likeness (QED) is 0.893. The molecule has 0 spiro atoms. The molecule has 1 amide bonds. The van der Waals surface area contributed by atoms with Gasteiger partial charge in [-0.25, -0.2) is 4.79 Å². The Balaban J connectivity index is 3.01. The zero-order valence-electron chi connectivity index (χ0n) is 11.5. The summed E-state index contributed by atoms with van der Waals surface area (Å²) < 4.78 is 0. The molecule has 0 saturated heterocycles. The molecule has 0 aliphatic rings. The van der Waals surface area contributed by atoms with Crippen molar-refractivity contribution in [1.29, 1.82) is 0 Å². The highest BCUT2D eigenvalue weighted by Crippen LogP contribution is 2.21. The molecule has 1 aromatic carbocycles. The van der Waals surface area contributed by atoms with Crippen molar-refractivity contribution >= 4 is 23.5 Å². The van der Waals surface area contributed by atoms with Gasteiger partial charge in [-0.3, -0.25) is 4.79 Å². The van der Waals surface area contributed by atoms with Crippen molar-refractivity contribution in [1.82, 2.24) is 5.32 Å². The van der Waals surface area contributed by atoms with E-state index >= 15 is 0 Å². The van der Waals surface area contributed by atoms with Crippen LogP contribution >= 0.6 is 11.6 Å². The monoisotopic (exact) mass is 283 g/mol. The van der Waals surface area contributed by atoms with Gasteiger partial charge in [0.1, 0.15) is 6.04 Å². The molecule has 0 saturated carbocycles. The molecule has 0 heterocycles. The summed E-state index contributed by atoms with van der Waals surface area (Å²) in [7, 11) is 0. The number of carboxylic acids is 1. The first-order valence-corrected chi connectivity index (χ1v) is 6.42. The fourth-order valence-corrected chi connectivity index (χ4v) is 1.99. The molecule has 0 aliphatic heterocycles. The van der Waals surface area contributed by atoms with Crippen molar-refractivity contribution in [3.05, 3.63) is 33.8 Å². The first-order valence-electron chi connectivity index (χ1n) is 6.04. The molecule has 0 aliphatic carbocycles. The Morgan fingerprint density at radius 2 is 1.74 bits per heavy atom. The van der Waals surface area contributed by atoms with Crippen LogP contribution in [0, 0.1) is 19.8 Å². The summed E-state index contributed by atoms with van der Waals surface area (Å²) in [5, 5.41) is 11.9. The molecule has 104 valence electrons. The third-order valence-corrected chi connectivity index (χ3v) is 3.36. The highest BCUT2D eigenvalue weighted by molar-refractivity contribution is 6.34. The summed E-state index contributed by atoms with van der Waals surface area (Å²) in [5.74, 6) is -1.72. The van der Waals surface area contributed by atoms with Crippen LogP contribution in [0.3, 0.4) is 0 Å². The number of aryl methyl sites for hydroxylation is 2. The van der Waals surface area contributed by atoms with Gasteiger partial charge < -0.3 is 10.4 Å². The fourth-order valence-electron chi connectivity index (χ4n) is 1.69. The number of hydrogen-bond acceptors (Lipinski definition) is 2. The Morgan fingerprint density at radius 3 is 2.21 bits per heavy atom. The number of carboxylic acid groups (broad SMARTS) is 1. The first kappa shape index (κ1) is 15.5. The molecule has 1 aromatic rings. The molecular weight excluding hydrogens is 266 g/mol. The van der Waals surface area contributed by atoms with Gasteiger partial charge in [0.15, 0.2) is 0 Å². The topological polar surface area (TPSA) is 66.4 Å². The highest BCUT2D eigenvalue weighted by atomic mass is 35.5. The second-order valence-electron chi connectivity index (χ2n) is 4.95. The van der Waals surface area contributed by atoms with Crippen LogP contribution in [0.15, 0.2) is 12.1 Å². The molecule has 4 nitrogen and oxygen atoms in total. The number of rotatable bonds is 4. The molecule has 0 unspecified atom stereocenters. The van der Waals surface area contributed by atoms with Crippen LogP contribution in [0.5, 0.6) is 0 Å². The molecule has 2 N–H and O–H groups in total. The lowest BCUT2D eigenvalue weighted by Crippen LogP contribution is -2.44. The first-order chi connectivity index (χ1) is 8.73. The predicted molar refractivity (Wildman–Crippen MR) is 74.7 cm³/mol. The van der Waals surface area contributed by atoms with Gasteiger partial charge in [-0.05, 0) is 43.0 Å². The Morgan fingerprint density at radius 1 is 1.21 bits per heavy atom. The van der Waals surface area contributed by atoms with Crippen LogP contribution in [0.1, 0.15) is 35.3 Å². The minimum atomic E-state index is -1.05. The van der Waals surface area contributed by atoms with Crippen molar-refractivity contribution in [2.75, 3.05) is 0 Å². The van der Waals surface area contributed by atoms with E-state index in [0.717, 1.165) is 11.1 Å². The van der Waals surface area contributed by atoms with Crippen molar-refractivity contribution < 1.29 is 14.7 Å². The Kier molecular flexibility index (Phi) is 4.95. The summed E-state index contributed by atoms with van der Waals surface area (Å²) in [6.07, 6.45) is 0. The normalized spacial score (nSPS) is 12.3. The van der Waals surface area contributed by atoms with Gasteiger partial charge in [-0.1, -0.05) is 25.4 Å². The lowest BCUT2D eigenvalue weighted by molar-refractivity contribution is -0.140. The molecule has 1 atom stereocenters. The fraction of sp³-hybridized carbons (Fsp3) is 0.429. The van der Waals surface area contributed by atoms with Crippen molar-refractivity contribution in [3.63, 3.8) is 0 Å². The Labute approximate surface area is 117 Å². The maximum atomic E-state index is 12.1. The molecule has 19 heavy (non-hydrogen) atoms. The number of nitrogens with one attached hydrogen (secondary N) is 1. The van der Waals surface area contributed by atoms with E-state index in [2.05, 4.69) is 5.32 Å².